The van der Waals surface area contributed by atoms with Gasteiger partial charge in [0.1, 0.15) is 5.82 Å². The zero-order valence-electron chi connectivity index (χ0n) is 13.2. The zero-order valence-corrected chi connectivity index (χ0v) is 13.2. The summed E-state index contributed by atoms with van der Waals surface area (Å²) in [5.74, 6) is -1.95. The van der Waals surface area contributed by atoms with Crippen molar-refractivity contribution >= 4 is 17.6 Å². The van der Waals surface area contributed by atoms with Crippen LogP contribution in [0.15, 0.2) is 42.5 Å². The Morgan fingerprint density at radius 2 is 1.78 bits per heavy atom. The summed E-state index contributed by atoms with van der Waals surface area (Å²) < 4.78 is 14.0. The lowest BCUT2D eigenvalue weighted by molar-refractivity contribution is -0.121. The van der Waals surface area contributed by atoms with Gasteiger partial charge in [-0.2, -0.15) is 0 Å². The summed E-state index contributed by atoms with van der Waals surface area (Å²) in [6.45, 7) is 3.52. The Morgan fingerprint density at radius 3 is 2.35 bits per heavy atom. The van der Waals surface area contributed by atoms with Crippen LogP contribution in [0.25, 0.3) is 11.1 Å². The number of carbonyl (C=O) groups is 2. The van der Waals surface area contributed by atoms with Gasteiger partial charge >= 0.3 is 5.97 Å². The van der Waals surface area contributed by atoms with Gasteiger partial charge in [0.05, 0.1) is 5.56 Å². The molecule has 0 aromatic heterocycles. The Kier molecular flexibility index (Phi) is 4.79. The number of anilines is 1. The number of benzene rings is 2. The van der Waals surface area contributed by atoms with E-state index in [0.717, 1.165) is 0 Å². The van der Waals surface area contributed by atoms with Gasteiger partial charge in [0, 0.05) is 24.2 Å². The number of halogens is 1. The highest BCUT2D eigenvalue weighted by Crippen LogP contribution is 2.29. The van der Waals surface area contributed by atoms with Gasteiger partial charge in [-0.3, -0.25) is 4.79 Å². The molecule has 0 aliphatic rings. The summed E-state index contributed by atoms with van der Waals surface area (Å²) in [7, 11) is 1.58. The molecule has 4 nitrogen and oxygen atoms in total. The van der Waals surface area contributed by atoms with E-state index in [0.29, 0.717) is 16.8 Å². The van der Waals surface area contributed by atoms with Crippen molar-refractivity contribution in [3.63, 3.8) is 0 Å². The third kappa shape index (κ3) is 3.56. The summed E-state index contributed by atoms with van der Waals surface area (Å²) in [6.07, 6.45) is 0. The number of carboxylic acids is 1. The van der Waals surface area contributed by atoms with Crippen LogP contribution >= 0.6 is 0 Å². The first-order valence-electron chi connectivity index (χ1n) is 7.22. The third-order valence-electron chi connectivity index (χ3n) is 3.56. The highest BCUT2D eigenvalue weighted by Gasteiger charge is 2.18. The van der Waals surface area contributed by atoms with Crippen LogP contribution in [0.3, 0.4) is 0 Å². The van der Waals surface area contributed by atoms with E-state index in [-0.39, 0.29) is 17.4 Å². The predicted molar refractivity (Wildman–Crippen MR) is 87.0 cm³/mol. The standard InChI is InChI=1S/C18H18FNO3/c1-11(2)17(21)20(3)14-9-12(8-13(10-14)18(22)23)15-6-4-5-7-16(15)19/h4-11H,1-3H3,(H,22,23). The maximum Gasteiger partial charge on any atom is 0.335 e. The van der Waals surface area contributed by atoms with Crippen molar-refractivity contribution in [1.29, 1.82) is 0 Å². The van der Waals surface area contributed by atoms with Gasteiger partial charge in [0.2, 0.25) is 5.91 Å². The molecular formula is C18H18FNO3. The van der Waals surface area contributed by atoms with Crippen LogP contribution < -0.4 is 4.90 Å². The molecule has 0 atom stereocenters. The molecule has 2 aromatic rings. The van der Waals surface area contributed by atoms with Crippen molar-refractivity contribution in [3.8, 4) is 11.1 Å². The molecule has 23 heavy (non-hydrogen) atoms. The predicted octanol–water partition coefficient (Wildman–Crippen LogP) is 3.81. The highest BCUT2D eigenvalue weighted by molar-refractivity contribution is 5.97. The second-order valence-corrected chi connectivity index (χ2v) is 5.61. The minimum absolute atomic E-state index is 0.00385. The number of hydrogen-bond acceptors (Lipinski definition) is 2. The van der Waals surface area contributed by atoms with Crippen LogP contribution in [-0.4, -0.2) is 24.0 Å². The molecule has 2 rings (SSSR count). The van der Waals surface area contributed by atoms with E-state index in [9.17, 15) is 19.1 Å². The molecule has 1 N–H and O–H groups in total. The first-order chi connectivity index (χ1) is 10.8. The van der Waals surface area contributed by atoms with Gasteiger partial charge in [-0.15, -0.1) is 0 Å². The lowest BCUT2D eigenvalue weighted by atomic mass is 10.0. The number of carbonyl (C=O) groups excluding carboxylic acids is 1. The van der Waals surface area contributed by atoms with Crippen LogP contribution in [-0.2, 0) is 4.79 Å². The smallest absolute Gasteiger partial charge is 0.335 e. The van der Waals surface area contributed by atoms with Crippen LogP contribution in [0.2, 0.25) is 0 Å². The van der Waals surface area contributed by atoms with Crippen molar-refractivity contribution in [3.05, 3.63) is 53.8 Å². The number of amides is 1. The lowest BCUT2D eigenvalue weighted by Gasteiger charge is -2.21. The van der Waals surface area contributed by atoms with Crippen molar-refractivity contribution < 1.29 is 19.1 Å². The molecule has 0 aliphatic carbocycles. The molecule has 1 amide bonds. The maximum absolute atomic E-state index is 14.0. The Labute approximate surface area is 134 Å². The Morgan fingerprint density at radius 1 is 1.13 bits per heavy atom. The fraction of sp³-hybridized carbons (Fsp3) is 0.222. The molecule has 0 heterocycles. The molecule has 0 saturated heterocycles. The molecule has 0 radical (unpaired) electrons. The second-order valence-electron chi connectivity index (χ2n) is 5.61. The number of carboxylic acid groups (broad SMARTS) is 1. The summed E-state index contributed by atoms with van der Waals surface area (Å²) in [5.41, 5.74) is 1.13. The van der Waals surface area contributed by atoms with E-state index in [1.807, 2.05) is 0 Å². The van der Waals surface area contributed by atoms with E-state index in [4.69, 9.17) is 0 Å². The molecule has 0 spiro atoms. The molecule has 2 aromatic carbocycles. The monoisotopic (exact) mass is 315 g/mol. The lowest BCUT2D eigenvalue weighted by Crippen LogP contribution is -2.30. The quantitative estimate of drug-likeness (QED) is 0.933. The molecular weight excluding hydrogens is 297 g/mol. The van der Waals surface area contributed by atoms with E-state index >= 15 is 0 Å². The fourth-order valence-electron chi connectivity index (χ4n) is 2.29. The maximum atomic E-state index is 14.0. The van der Waals surface area contributed by atoms with Crippen LogP contribution in [0.5, 0.6) is 0 Å². The summed E-state index contributed by atoms with van der Waals surface area (Å²) in [4.78, 5) is 24.9. The number of rotatable bonds is 4. The summed E-state index contributed by atoms with van der Waals surface area (Å²) >= 11 is 0. The molecule has 0 fully saturated rings. The second kappa shape index (κ2) is 6.60. The van der Waals surface area contributed by atoms with E-state index in [1.165, 1.54) is 23.1 Å². The fourth-order valence-corrected chi connectivity index (χ4v) is 2.29. The molecule has 120 valence electrons. The minimum Gasteiger partial charge on any atom is -0.478 e. The van der Waals surface area contributed by atoms with Crippen molar-refractivity contribution in [1.82, 2.24) is 0 Å². The average Bonchev–Trinajstić information content (AvgIpc) is 2.53. The molecule has 0 unspecified atom stereocenters. The Balaban J connectivity index is 2.59. The third-order valence-corrected chi connectivity index (χ3v) is 3.56. The topological polar surface area (TPSA) is 57.6 Å². The van der Waals surface area contributed by atoms with Gasteiger partial charge in [0.15, 0.2) is 0 Å². The number of nitrogens with zero attached hydrogens (tertiary/aromatic N) is 1. The largest absolute Gasteiger partial charge is 0.478 e. The van der Waals surface area contributed by atoms with Gasteiger partial charge in [0.25, 0.3) is 0 Å². The van der Waals surface area contributed by atoms with Crippen molar-refractivity contribution in [2.24, 2.45) is 5.92 Å². The van der Waals surface area contributed by atoms with Gasteiger partial charge in [-0.1, -0.05) is 32.0 Å². The zero-order chi connectivity index (χ0) is 17.1. The van der Waals surface area contributed by atoms with Crippen molar-refractivity contribution in [2.75, 3.05) is 11.9 Å². The van der Waals surface area contributed by atoms with E-state index < -0.39 is 11.8 Å². The van der Waals surface area contributed by atoms with Crippen LogP contribution in [0.1, 0.15) is 24.2 Å². The first kappa shape index (κ1) is 16.7. The molecule has 0 bridgehead atoms. The Bertz CT molecular complexity index is 756. The van der Waals surface area contributed by atoms with Gasteiger partial charge in [-0.05, 0) is 29.8 Å². The van der Waals surface area contributed by atoms with E-state index in [1.54, 1.807) is 45.2 Å². The molecule has 0 aliphatic heterocycles. The van der Waals surface area contributed by atoms with Crippen LogP contribution in [0, 0.1) is 11.7 Å². The van der Waals surface area contributed by atoms with Gasteiger partial charge in [-0.25, -0.2) is 9.18 Å². The normalized spacial score (nSPS) is 10.7. The van der Waals surface area contributed by atoms with Crippen molar-refractivity contribution in [2.45, 2.75) is 13.8 Å². The SMILES string of the molecule is CC(C)C(=O)N(C)c1cc(C(=O)O)cc(-c2ccccc2F)c1. The molecule has 0 saturated carbocycles. The first-order valence-corrected chi connectivity index (χ1v) is 7.22. The number of aromatic carboxylic acids is 1. The number of hydrogen-bond donors (Lipinski definition) is 1. The summed E-state index contributed by atoms with van der Waals surface area (Å²) in [5, 5.41) is 9.28. The van der Waals surface area contributed by atoms with Crippen LogP contribution in [0.4, 0.5) is 10.1 Å². The van der Waals surface area contributed by atoms with Gasteiger partial charge < -0.3 is 10.0 Å². The highest BCUT2D eigenvalue weighted by atomic mass is 19.1. The molecule has 5 heteroatoms. The van der Waals surface area contributed by atoms with E-state index in [2.05, 4.69) is 0 Å². The summed E-state index contributed by atoms with van der Waals surface area (Å²) in [6, 6.07) is 10.6. The average molecular weight is 315 g/mol. The minimum atomic E-state index is -1.13. The Hall–Kier alpha value is -2.69.